The van der Waals surface area contributed by atoms with Crippen molar-refractivity contribution in [3.63, 3.8) is 0 Å². The van der Waals surface area contributed by atoms with E-state index in [1.807, 2.05) is 0 Å². The molecule has 0 saturated heterocycles. The number of rotatable bonds is 7. The minimum atomic E-state index is -4.47. The van der Waals surface area contributed by atoms with Gasteiger partial charge in [0.25, 0.3) is 5.91 Å². The van der Waals surface area contributed by atoms with Gasteiger partial charge in [-0.3, -0.25) is 4.79 Å². The second kappa shape index (κ2) is 10.8. The van der Waals surface area contributed by atoms with Gasteiger partial charge in [0.05, 0.1) is 30.8 Å². The standard InChI is InChI=1S/C27H22F4N4O3/c1-16(18-5-7-20(8-6-18)26(37)38-2)32-25(36)24-23(19-9-13-22(28)14-10-19)33-34-35(24)15-17-3-11-21(12-4-17)27(29,30)31/h3-14,16H,15H2,1-2H3,(H,32,36)/t16-/m0/s1. The minimum Gasteiger partial charge on any atom is -0.465 e. The number of carbonyl (C=O) groups excluding carboxylic acids is 2. The van der Waals surface area contributed by atoms with Gasteiger partial charge in [0, 0.05) is 5.56 Å². The molecule has 3 aromatic carbocycles. The van der Waals surface area contributed by atoms with Crippen LogP contribution in [0.4, 0.5) is 17.6 Å². The number of hydrogen-bond donors (Lipinski definition) is 1. The van der Waals surface area contributed by atoms with Crippen molar-refractivity contribution < 1.29 is 31.9 Å². The number of amides is 1. The first kappa shape index (κ1) is 26.5. The number of methoxy groups -OCH3 is 1. The second-order valence-electron chi connectivity index (χ2n) is 8.45. The minimum absolute atomic E-state index is 0.0305. The summed E-state index contributed by atoms with van der Waals surface area (Å²) in [5.74, 6) is -1.51. The lowest BCUT2D eigenvalue weighted by Gasteiger charge is -2.16. The number of ether oxygens (including phenoxy) is 1. The number of carbonyl (C=O) groups is 2. The van der Waals surface area contributed by atoms with Crippen molar-refractivity contribution >= 4 is 11.9 Å². The van der Waals surface area contributed by atoms with Crippen LogP contribution in [0.1, 0.15) is 50.5 Å². The van der Waals surface area contributed by atoms with Crippen LogP contribution in [0.25, 0.3) is 11.3 Å². The molecule has 1 amide bonds. The third-order valence-corrected chi connectivity index (χ3v) is 5.86. The monoisotopic (exact) mass is 526 g/mol. The predicted molar refractivity (Wildman–Crippen MR) is 130 cm³/mol. The molecule has 0 saturated carbocycles. The van der Waals surface area contributed by atoms with Gasteiger partial charge in [-0.15, -0.1) is 5.10 Å². The highest BCUT2D eigenvalue weighted by molar-refractivity contribution is 5.98. The summed E-state index contributed by atoms with van der Waals surface area (Å²) < 4.78 is 58.3. The SMILES string of the molecule is COC(=O)c1ccc([C@H](C)NC(=O)c2c(-c3ccc(F)cc3)nnn2Cc2ccc(C(F)(F)F)cc2)cc1. The zero-order chi connectivity index (χ0) is 27.4. The highest BCUT2D eigenvalue weighted by Crippen LogP contribution is 2.29. The quantitative estimate of drug-likeness (QED) is 0.257. The number of hydrogen-bond acceptors (Lipinski definition) is 5. The molecule has 0 aliphatic rings. The molecule has 7 nitrogen and oxygen atoms in total. The van der Waals surface area contributed by atoms with E-state index in [1.54, 1.807) is 31.2 Å². The molecule has 0 bridgehead atoms. The molecular formula is C27H22F4N4O3. The number of nitrogens with one attached hydrogen (secondary N) is 1. The van der Waals surface area contributed by atoms with Crippen molar-refractivity contribution in [1.82, 2.24) is 20.3 Å². The molecule has 1 heterocycles. The fraction of sp³-hybridized carbons (Fsp3) is 0.185. The maximum atomic E-state index is 13.5. The summed E-state index contributed by atoms with van der Waals surface area (Å²) in [6.07, 6.45) is -4.47. The Morgan fingerprint density at radius 2 is 1.61 bits per heavy atom. The number of esters is 1. The highest BCUT2D eigenvalue weighted by atomic mass is 19.4. The summed E-state index contributed by atoms with van der Waals surface area (Å²) in [7, 11) is 1.28. The average molecular weight is 526 g/mol. The molecule has 0 radical (unpaired) electrons. The molecule has 1 atom stereocenters. The Hall–Kier alpha value is -4.54. The van der Waals surface area contributed by atoms with E-state index in [0.29, 0.717) is 22.3 Å². The molecule has 1 N–H and O–H groups in total. The third kappa shape index (κ3) is 5.88. The first-order valence-corrected chi connectivity index (χ1v) is 11.4. The zero-order valence-corrected chi connectivity index (χ0v) is 20.3. The van der Waals surface area contributed by atoms with Crippen LogP contribution in [0, 0.1) is 5.82 Å². The molecule has 1 aromatic heterocycles. The maximum absolute atomic E-state index is 13.5. The van der Waals surface area contributed by atoms with Gasteiger partial charge in [-0.05, 0) is 66.6 Å². The van der Waals surface area contributed by atoms with E-state index in [-0.39, 0.29) is 17.9 Å². The van der Waals surface area contributed by atoms with E-state index in [0.717, 1.165) is 12.1 Å². The van der Waals surface area contributed by atoms with Gasteiger partial charge >= 0.3 is 12.1 Å². The Bertz CT molecular complexity index is 1430. The van der Waals surface area contributed by atoms with Crippen LogP contribution in [0.2, 0.25) is 0 Å². The normalized spacial score (nSPS) is 12.2. The van der Waals surface area contributed by atoms with E-state index in [9.17, 15) is 27.2 Å². The van der Waals surface area contributed by atoms with E-state index in [2.05, 4.69) is 15.6 Å². The number of benzene rings is 3. The van der Waals surface area contributed by atoms with Crippen LogP contribution in [0.15, 0.2) is 72.8 Å². The fourth-order valence-corrected chi connectivity index (χ4v) is 3.80. The van der Waals surface area contributed by atoms with Crippen molar-refractivity contribution in [2.45, 2.75) is 25.7 Å². The maximum Gasteiger partial charge on any atom is 0.416 e. The zero-order valence-electron chi connectivity index (χ0n) is 20.3. The topological polar surface area (TPSA) is 86.1 Å². The van der Waals surface area contributed by atoms with Gasteiger partial charge in [-0.2, -0.15) is 13.2 Å². The van der Waals surface area contributed by atoms with Gasteiger partial charge in [0.2, 0.25) is 0 Å². The molecule has 4 rings (SSSR count). The predicted octanol–water partition coefficient (Wildman–Crippen LogP) is 5.43. The largest absolute Gasteiger partial charge is 0.465 e. The van der Waals surface area contributed by atoms with Gasteiger partial charge in [0.15, 0.2) is 5.69 Å². The summed E-state index contributed by atoms with van der Waals surface area (Å²) in [5, 5.41) is 11.0. The molecule has 38 heavy (non-hydrogen) atoms. The summed E-state index contributed by atoms with van der Waals surface area (Å²) >= 11 is 0. The van der Waals surface area contributed by atoms with Gasteiger partial charge in [0.1, 0.15) is 11.5 Å². The van der Waals surface area contributed by atoms with Crippen molar-refractivity contribution in [1.29, 1.82) is 0 Å². The molecule has 0 unspecified atom stereocenters. The van der Waals surface area contributed by atoms with Crippen LogP contribution < -0.4 is 5.32 Å². The van der Waals surface area contributed by atoms with Crippen molar-refractivity contribution in [3.05, 3.63) is 107 Å². The lowest BCUT2D eigenvalue weighted by molar-refractivity contribution is -0.137. The molecule has 0 spiro atoms. The van der Waals surface area contributed by atoms with Crippen molar-refractivity contribution in [2.75, 3.05) is 7.11 Å². The summed E-state index contributed by atoms with van der Waals surface area (Å²) in [4.78, 5) is 25.1. The van der Waals surface area contributed by atoms with Gasteiger partial charge < -0.3 is 10.1 Å². The van der Waals surface area contributed by atoms with E-state index < -0.39 is 35.5 Å². The Kier molecular flexibility index (Phi) is 7.56. The molecule has 196 valence electrons. The molecule has 0 fully saturated rings. The van der Waals surface area contributed by atoms with E-state index in [4.69, 9.17) is 4.74 Å². The lowest BCUT2D eigenvalue weighted by atomic mass is 10.1. The third-order valence-electron chi connectivity index (χ3n) is 5.86. The molecule has 0 aliphatic carbocycles. The summed E-state index contributed by atoms with van der Waals surface area (Å²) in [6, 6.07) is 15.9. The Morgan fingerprint density at radius 3 is 2.18 bits per heavy atom. The molecule has 11 heteroatoms. The second-order valence-corrected chi connectivity index (χ2v) is 8.45. The number of aromatic nitrogens is 3. The smallest absolute Gasteiger partial charge is 0.416 e. The molecule has 4 aromatic rings. The first-order valence-electron chi connectivity index (χ1n) is 11.4. The molecular weight excluding hydrogens is 504 g/mol. The Balaban J connectivity index is 1.64. The first-order chi connectivity index (χ1) is 18.1. The van der Waals surface area contributed by atoms with E-state index in [1.165, 1.54) is 48.2 Å². The van der Waals surface area contributed by atoms with Crippen LogP contribution in [-0.2, 0) is 17.5 Å². The summed E-state index contributed by atoms with van der Waals surface area (Å²) in [5.41, 5.74) is 1.40. The number of halogens is 4. The highest BCUT2D eigenvalue weighted by Gasteiger charge is 2.30. The van der Waals surface area contributed by atoms with E-state index >= 15 is 0 Å². The fourth-order valence-electron chi connectivity index (χ4n) is 3.80. The van der Waals surface area contributed by atoms with Crippen LogP contribution in [0.5, 0.6) is 0 Å². The van der Waals surface area contributed by atoms with Crippen molar-refractivity contribution in [2.24, 2.45) is 0 Å². The number of alkyl halides is 3. The van der Waals surface area contributed by atoms with Crippen LogP contribution in [-0.4, -0.2) is 34.0 Å². The molecule has 0 aliphatic heterocycles. The van der Waals surface area contributed by atoms with Crippen LogP contribution in [0.3, 0.4) is 0 Å². The average Bonchev–Trinajstić information content (AvgIpc) is 3.32. The Morgan fingerprint density at radius 1 is 0.974 bits per heavy atom. The Labute approximate surface area is 215 Å². The summed E-state index contributed by atoms with van der Waals surface area (Å²) in [6.45, 7) is 1.71. The van der Waals surface area contributed by atoms with Crippen LogP contribution >= 0.6 is 0 Å². The lowest BCUT2D eigenvalue weighted by Crippen LogP contribution is -2.29. The number of nitrogens with zero attached hydrogens (tertiary/aromatic N) is 3. The van der Waals surface area contributed by atoms with Gasteiger partial charge in [-0.25, -0.2) is 13.9 Å². The van der Waals surface area contributed by atoms with Crippen molar-refractivity contribution in [3.8, 4) is 11.3 Å². The van der Waals surface area contributed by atoms with Gasteiger partial charge in [-0.1, -0.05) is 29.5 Å².